The highest BCUT2D eigenvalue weighted by Crippen LogP contribution is 2.39. The summed E-state index contributed by atoms with van der Waals surface area (Å²) in [5.74, 6) is -0.965. The van der Waals surface area contributed by atoms with Crippen LogP contribution in [-0.2, 0) is 0 Å². The maximum absolute atomic E-state index is 13.2. The number of rotatable bonds is 5. The highest BCUT2D eigenvalue weighted by molar-refractivity contribution is 8.00. The Labute approximate surface area is 118 Å². The van der Waals surface area contributed by atoms with E-state index in [9.17, 15) is 8.78 Å². The molecule has 0 aromatic heterocycles. The second kappa shape index (κ2) is 6.71. The third-order valence-electron chi connectivity index (χ3n) is 3.82. The summed E-state index contributed by atoms with van der Waals surface area (Å²) < 4.78 is 26.1. The molecule has 0 spiro atoms. The molecule has 106 valence electrons. The predicted octanol–water partition coefficient (Wildman–Crippen LogP) is 4.22. The topological polar surface area (TPSA) is 12.0 Å². The summed E-state index contributed by atoms with van der Waals surface area (Å²) in [6.07, 6.45) is 3.44. The van der Waals surface area contributed by atoms with Crippen molar-refractivity contribution in [3.8, 4) is 0 Å². The lowest BCUT2D eigenvalue weighted by molar-refractivity contribution is 0.432. The van der Waals surface area contributed by atoms with E-state index in [1.807, 2.05) is 0 Å². The van der Waals surface area contributed by atoms with Gasteiger partial charge in [-0.2, -0.15) is 0 Å². The van der Waals surface area contributed by atoms with Gasteiger partial charge in [-0.05, 0) is 49.9 Å². The molecule has 1 aliphatic carbocycles. The molecule has 1 aromatic rings. The quantitative estimate of drug-likeness (QED) is 0.869. The van der Waals surface area contributed by atoms with Crippen LogP contribution in [0.15, 0.2) is 23.1 Å². The molecular formula is C15H21F2NS. The van der Waals surface area contributed by atoms with Crippen LogP contribution in [0.1, 0.15) is 33.1 Å². The highest BCUT2D eigenvalue weighted by atomic mass is 32.2. The molecule has 19 heavy (non-hydrogen) atoms. The molecule has 1 saturated carbocycles. The Balaban J connectivity index is 1.94. The lowest BCUT2D eigenvalue weighted by Crippen LogP contribution is -2.33. The number of hydrogen-bond donors (Lipinski definition) is 1. The normalized spacial score (nSPS) is 26.8. The van der Waals surface area contributed by atoms with Gasteiger partial charge in [0.2, 0.25) is 0 Å². The van der Waals surface area contributed by atoms with Gasteiger partial charge in [-0.1, -0.05) is 13.8 Å². The predicted molar refractivity (Wildman–Crippen MR) is 76.5 cm³/mol. The van der Waals surface area contributed by atoms with E-state index >= 15 is 0 Å². The average Bonchev–Trinajstić information content (AvgIpc) is 2.73. The molecule has 1 aliphatic rings. The van der Waals surface area contributed by atoms with Crippen LogP contribution in [0.2, 0.25) is 0 Å². The number of hydrogen-bond acceptors (Lipinski definition) is 2. The van der Waals surface area contributed by atoms with Crippen LogP contribution in [0.5, 0.6) is 0 Å². The molecule has 3 unspecified atom stereocenters. The summed E-state index contributed by atoms with van der Waals surface area (Å²) in [6, 6.07) is 4.74. The Morgan fingerprint density at radius 3 is 2.74 bits per heavy atom. The SMILES string of the molecule is CCCNC1CCC(Sc2ccc(F)c(F)c2)C1C. The van der Waals surface area contributed by atoms with Crippen molar-refractivity contribution in [2.75, 3.05) is 6.54 Å². The minimum atomic E-state index is -0.772. The van der Waals surface area contributed by atoms with Crippen LogP contribution in [-0.4, -0.2) is 17.8 Å². The van der Waals surface area contributed by atoms with Gasteiger partial charge in [0.15, 0.2) is 11.6 Å². The Hall–Kier alpha value is -0.610. The van der Waals surface area contributed by atoms with Gasteiger partial charge in [-0.25, -0.2) is 8.78 Å². The molecule has 2 rings (SSSR count). The van der Waals surface area contributed by atoms with Gasteiger partial charge >= 0.3 is 0 Å². The lowest BCUT2D eigenvalue weighted by Gasteiger charge is -2.21. The molecule has 1 nitrogen and oxygen atoms in total. The zero-order chi connectivity index (χ0) is 13.8. The largest absolute Gasteiger partial charge is 0.314 e. The first-order valence-electron chi connectivity index (χ1n) is 6.97. The van der Waals surface area contributed by atoms with E-state index in [0.717, 1.165) is 24.3 Å². The molecular weight excluding hydrogens is 264 g/mol. The van der Waals surface area contributed by atoms with E-state index in [1.54, 1.807) is 17.8 Å². The molecule has 0 bridgehead atoms. The van der Waals surface area contributed by atoms with E-state index in [2.05, 4.69) is 19.2 Å². The minimum absolute atomic E-state index is 0.485. The van der Waals surface area contributed by atoms with Crippen molar-refractivity contribution in [2.45, 2.75) is 49.3 Å². The van der Waals surface area contributed by atoms with Gasteiger partial charge in [0.1, 0.15) is 0 Å². The first-order valence-corrected chi connectivity index (χ1v) is 7.85. The Morgan fingerprint density at radius 2 is 2.05 bits per heavy atom. The number of nitrogens with one attached hydrogen (secondary N) is 1. The van der Waals surface area contributed by atoms with Gasteiger partial charge < -0.3 is 5.32 Å². The summed E-state index contributed by atoms with van der Waals surface area (Å²) in [4.78, 5) is 0.826. The van der Waals surface area contributed by atoms with Crippen molar-refractivity contribution in [2.24, 2.45) is 5.92 Å². The molecule has 0 radical (unpaired) electrons. The summed E-state index contributed by atoms with van der Waals surface area (Å²) in [5, 5.41) is 4.06. The maximum atomic E-state index is 13.2. The number of benzene rings is 1. The first-order chi connectivity index (χ1) is 9.11. The zero-order valence-corrected chi connectivity index (χ0v) is 12.3. The maximum Gasteiger partial charge on any atom is 0.159 e. The number of halogens is 2. The van der Waals surface area contributed by atoms with Crippen LogP contribution in [0.4, 0.5) is 8.78 Å². The third kappa shape index (κ3) is 3.69. The molecule has 1 fully saturated rings. The van der Waals surface area contributed by atoms with E-state index in [1.165, 1.54) is 18.6 Å². The van der Waals surface area contributed by atoms with E-state index in [4.69, 9.17) is 0 Å². The smallest absolute Gasteiger partial charge is 0.159 e. The summed E-state index contributed by atoms with van der Waals surface area (Å²) in [7, 11) is 0. The fourth-order valence-electron chi connectivity index (χ4n) is 2.64. The van der Waals surface area contributed by atoms with Crippen molar-refractivity contribution in [1.82, 2.24) is 5.32 Å². The van der Waals surface area contributed by atoms with Gasteiger partial charge in [0, 0.05) is 16.2 Å². The van der Waals surface area contributed by atoms with E-state index < -0.39 is 11.6 Å². The van der Waals surface area contributed by atoms with Crippen molar-refractivity contribution in [3.63, 3.8) is 0 Å². The number of thioether (sulfide) groups is 1. The summed E-state index contributed by atoms with van der Waals surface area (Å²) in [5.41, 5.74) is 0. The third-order valence-corrected chi connectivity index (χ3v) is 5.31. The fraction of sp³-hybridized carbons (Fsp3) is 0.600. The molecule has 4 heteroatoms. The minimum Gasteiger partial charge on any atom is -0.314 e. The van der Waals surface area contributed by atoms with Crippen molar-refractivity contribution < 1.29 is 8.78 Å². The molecule has 0 amide bonds. The van der Waals surface area contributed by atoms with E-state index in [0.29, 0.717) is 17.2 Å². The second-order valence-corrected chi connectivity index (χ2v) is 6.54. The van der Waals surface area contributed by atoms with Crippen molar-refractivity contribution in [3.05, 3.63) is 29.8 Å². The van der Waals surface area contributed by atoms with Crippen LogP contribution in [0, 0.1) is 17.6 Å². The Bertz CT molecular complexity index is 425. The molecule has 1 aromatic carbocycles. The van der Waals surface area contributed by atoms with Crippen molar-refractivity contribution in [1.29, 1.82) is 0 Å². The Kier molecular flexibility index (Phi) is 5.22. The fourth-order valence-corrected chi connectivity index (χ4v) is 3.96. The molecule has 0 heterocycles. The van der Waals surface area contributed by atoms with Crippen LogP contribution in [0.25, 0.3) is 0 Å². The van der Waals surface area contributed by atoms with Gasteiger partial charge in [0.25, 0.3) is 0 Å². The van der Waals surface area contributed by atoms with Gasteiger partial charge in [-0.15, -0.1) is 11.8 Å². The van der Waals surface area contributed by atoms with Crippen LogP contribution in [0.3, 0.4) is 0 Å². The first kappa shape index (κ1) is 14.8. The molecule has 0 saturated heterocycles. The second-order valence-electron chi connectivity index (χ2n) is 5.23. The molecule has 0 aliphatic heterocycles. The van der Waals surface area contributed by atoms with Crippen molar-refractivity contribution >= 4 is 11.8 Å². The van der Waals surface area contributed by atoms with Crippen LogP contribution < -0.4 is 5.32 Å². The van der Waals surface area contributed by atoms with Gasteiger partial charge in [-0.3, -0.25) is 0 Å². The highest BCUT2D eigenvalue weighted by Gasteiger charge is 2.32. The lowest BCUT2D eigenvalue weighted by atomic mass is 10.1. The molecule has 1 N–H and O–H groups in total. The van der Waals surface area contributed by atoms with Crippen LogP contribution >= 0.6 is 11.8 Å². The van der Waals surface area contributed by atoms with Gasteiger partial charge in [0.05, 0.1) is 0 Å². The summed E-state index contributed by atoms with van der Waals surface area (Å²) >= 11 is 1.67. The van der Waals surface area contributed by atoms with E-state index in [-0.39, 0.29) is 0 Å². The summed E-state index contributed by atoms with van der Waals surface area (Å²) in [6.45, 7) is 5.47. The standard InChI is InChI=1S/C15H21F2NS/c1-3-8-18-14-6-7-15(10(14)2)19-11-4-5-12(16)13(17)9-11/h4-5,9-10,14-15,18H,3,6-8H2,1-2H3. The monoisotopic (exact) mass is 285 g/mol. The zero-order valence-electron chi connectivity index (χ0n) is 11.5. The molecule has 3 atom stereocenters. The average molecular weight is 285 g/mol. The Morgan fingerprint density at radius 1 is 1.26 bits per heavy atom.